The summed E-state index contributed by atoms with van der Waals surface area (Å²) in [5.41, 5.74) is 8.54. The van der Waals surface area contributed by atoms with Crippen LogP contribution in [-0.2, 0) is 17.6 Å². The number of methoxy groups -OCH3 is 1. The highest BCUT2D eigenvalue weighted by Crippen LogP contribution is 2.33. The van der Waals surface area contributed by atoms with Gasteiger partial charge in [0.2, 0.25) is 0 Å². The second kappa shape index (κ2) is 8.37. The highest BCUT2D eigenvalue weighted by Gasteiger charge is 2.22. The van der Waals surface area contributed by atoms with Crippen LogP contribution in [0.4, 0.5) is 5.00 Å². The van der Waals surface area contributed by atoms with E-state index < -0.39 is 5.97 Å². The topological polar surface area (TPSA) is 79.5 Å². The third kappa shape index (κ3) is 4.15. The first-order valence-corrected chi connectivity index (χ1v) is 10.7. The second-order valence-corrected chi connectivity index (χ2v) is 8.87. The Balaban J connectivity index is 1.64. The Kier molecular flexibility index (Phi) is 6.13. The third-order valence-electron chi connectivity index (χ3n) is 4.60. The van der Waals surface area contributed by atoms with Crippen LogP contribution in [0.1, 0.15) is 54.4 Å². The average Bonchev–Trinajstić information content (AvgIpc) is 3.20. The summed E-state index contributed by atoms with van der Waals surface area (Å²) in [7, 11) is 1.34. The Morgan fingerprint density at radius 3 is 2.67 bits per heavy atom. The molecule has 144 valence electrons. The standard InChI is InChI=1S/C18H21N3O3S3/c1-9-10(2)27-16(14(9)17(23)24-3)19-18(25)21-20-15(22)12-8-26-13-7-5-4-6-11(12)13/h8H,4-7H2,1-3H3,(H,20,22)(H2,19,21,25). The van der Waals surface area contributed by atoms with Crippen molar-refractivity contribution < 1.29 is 14.3 Å². The molecule has 6 nitrogen and oxygen atoms in total. The molecular formula is C18H21N3O3S3. The molecule has 0 unspecified atom stereocenters. The first kappa shape index (κ1) is 19.8. The van der Waals surface area contributed by atoms with Gasteiger partial charge in [0.25, 0.3) is 5.91 Å². The van der Waals surface area contributed by atoms with Crippen LogP contribution in [-0.4, -0.2) is 24.1 Å². The minimum atomic E-state index is -0.420. The van der Waals surface area contributed by atoms with Gasteiger partial charge in [-0.1, -0.05) is 0 Å². The summed E-state index contributed by atoms with van der Waals surface area (Å²) in [5, 5.41) is 5.69. The zero-order chi connectivity index (χ0) is 19.6. The number of hydrazine groups is 1. The number of hydrogen-bond acceptors (Lipinski definition) is 6. The molecule has 27 heavy (non-hydrogen) atoms. The molecule has 0 fully saturated rings. The molecule has 0 saturated heterocycles. The number of esters is 1. The number of carbonyl (C=O) groups excluding carboxylic acids is 2. The molecule has 2 aromatic rings. The van der Waals surface area contributed by atoms with E-state index in [0.717, 1.165) is 35.3 Å². The fraction of sp³-hybridized carbons (Fsp3) is 0.389. The van der Waals surface area contributed by atoms with Crippen LogP contribution in [0.2, 0.25) is 0 Å². The van der Waals surface area contributed by atoms with Gasteiger partial charge in [0.1, 0.15) is 5.00 Å². The first-order chi connectivity index (χ1) is 12.9. The highest BCUT2D eigenvalue weighted by molar-refractivity contribution is 7.80. The van der Waals surface area contributed by atoms with Crippen LogP contribution in [0.3, 0.4) is 0 Å². The largest absolute Gasteiger partial charge is 0.465 e. The summed E-state index contributed by atoms with van der Waals surface area (Å²) in [6, 6.07) is 0. The zero-order valence-electron chi connectivity index (χ0n) is 15.4. The van der Waals surface area contributed by atoms with Gasteiger partial charge < -0.3 is 10.1 Å². The number of aryl methyl sites for hydroxylation is 2. The first-order valence-electron chi connectivity index (χ1n) is 8.57. The number of hydrogen-bond donors (Lipinski definition) is 3. The number of thiocarbonyl (C=S) groups is 1. The van der Waals surface area contributed by atoms with Gasteiger partial charge in [-0.3, -0.25) is 15.6 Å². The smallest absolute Gasteiger partial charge is 0.341 e. The van der Waals surface area contributed by atoms with Crippen molar-refractivity contribution >= 4 is 56.9 Å². The number of thiophene rings is 2. The number of anilines is 1. The van der Waals surface area contributed by atoms with Crippen LogP contribution in [0, 0.1) is 13.8 Å². The van der Waals surface area contributed by atoms with Gasteiger partial charge in [0, 0.05) is 15.1 Å². The molecule has 2 aromatic heterocycles. The molecule has 3 rings (SSSR count). The van der Waals surface area contributed by atoms with Crippen molar-refractivity contribution in [2.45, 2.75) is 39.5 Å². The molecule has 2 heterocycles. The maximum Gasteiger partial charge on any atom is 0.341 e. The predicted molar refractivity (Wildman–Crippen MR) is 113 cm³/mol. The highest BCUT2D eigenvalue weighted by atomic mass is 32.1. The molecular weight excluding hydrogens is 402 g/mol. The van der Waals surface area contributed by atoms with Crippen molar-refractivity contribution in [2.75, 3.05) is 12.4 Å². The van der Waals surface area contributed by atoms with Crippen molar-refractivity contribution in [2.24, 2.45) is 0 Å². The summed E-state index contributed by atoms with van der Waals surface area (Å²) in [5.74, 6) is -0.624. The minimum absolute atomic E-state index is 0.203. The van der Waals surface area contributed by atoms with Crippen molar-refractivity contribution in [1.82, 2.24) is 10.9 Å². The lowest BCUT2D eigenvalue weighted by atomic mass is 9.96. The van der Waals surface area contributed by atoms with E-state index in [-0.39, 0.29) is 11.0 Å². The van der Waals surface area contributed by atoms with Crippen molar-refractivity contribution in [1.29, 1.82) is 0 Å². The molecule has 1 amide bonds. The Hall–Kier alpha value is -1.97. The van der Waals surface area contributed by atoms with E-state index in [4.69, 9.17) is 17.0 Å². The summed E-state index contributed by atoms with van der Waals surface area (Å²) in [4.78, 5) is 26.8. The molecule has 0 spiro atoms. The molecule has 0 radical (unpaired) electrons. The molecule has 0 aromatic carbocycles. The van der Waals surface area contributed by atoms with Gasteiger partial charge in [0.05, 0.1) is 18.2 Å². The van der Waals surface area contributed by atoms with Crippen LogP contribution in [0.15, 0.2) is 5.38 Å². The molecule has 0 bridgehead atoms. The van der Waals surface area contributed by atoms with Gasteiger partial charge in [-0.15, -0.1) is 22.7 Å². The molecule has 1 aliphatic rings. The number of fused-ring (bicyclic) bond motifs is 1. The normalized spacial score (nSPS) is 12.9. The van der Waals surface area contributed by atoms with E-state index in [0.29, 0.717) is 16.1 Å². The van der Waals surface area contributed by atoms with E-state index in [9.17, 15) is 9.59 Å². The number of nitrogens with one attached hydrogen (secondary N) is 3. The molecule has 0 saturated carbocycles. The number of amides is 1. The van der Waals surface area contributed by atoms with E-state index in [2.05, 4.69) is 16.2 Å². The number of carbonyl (C=O) groups is 2. The third-order valence-corrected chi connectivity index (χ3v) is 7.01. The Bertz CT molecular complexity index is 901. The minimum Gasteiger partial charge on any atom is -0.465 e. The Morgan fingerprint density at radius 1 is 1.19 bits per heavy atom. The lowest BCUT2D eigenvalue weighted by molar-refractivity contribution is 0.0601. The number of rotatable bonds is 3. The quantitative estimate of drug-likeness (QED) is 0.397. The van der Waals surface area contributed by atoms with Gasteiger partial charge in [0.15, 0.2) is 5.11 Å². The Labute approximate surface area is 171 Å². The molecule has 0 atom stereocenters. The predicted octanol–water partition coefficient (Wildman–Crippen LogP) is 3.72. The van der Waals surface area contributed by atoms with Crippen LogP contribution < -0.4 is 16.2 Å². The van der Waals surface area contributed by atoms with Gasteiger partial charge in [-0.2, -0.15) is 0 Å². The maximum atomic E-state index is 12.5. The number of ether oxygens (including phenoxy) is 1. The SMILES string of the molecule is COC(=O)c1c(NC(=S)NNC(=O)c2csc3c2CCCC3)sc(C)c1C. The summed E-state index contributed by atoms with van der Waals surface area (Å²) >= 11 is 8.32. The molecule has 3 N–H and O–H groups in total. The van der Waals surface area contributed by atoms with E-state index in [1.807, 2.05) is 19.2 Å². The Morgan fingerprint density at radius 2 is 1.93 bits per heavy atom. The molecule has 0 aliphatic heterocycles. The maximum absolute atomic E-state index is 12.5. The van der Waals surface area contributed by atoms with Crippen LogP contribution >= 0.6 is 34.9 Å². The average molecular weight is 424 g/mol. The fourth-order valence-corrected chi connectivity index (χ4v) is 5.46. The summed E-state index contributed by atoms with van der Waals surface area (Å²) < 4.78 is 4.85. The van der Waals surface area contributed by atoms with Crippen LogP contribution in [0.5, 0.6) is 0 Å². The van der Waals surface area contributed by atoms with E-state index in [1.54, 1.807) is 11.3 Å². The summed E-state index contributed by atoms with van der Waals surface area (Å²) in [6.07, 6.45) is 4.29. The molecule has 9 heteroatoms. The van der Waals surface area contributed by atoms with Gasteiger partial charge in [-0.05, 0) is 62.9 Å². The fourth-order valence-electron chi connectivity index (χ4n) is 3.06. The molecule has 1 aliphatic carbocycles. The monoisotopic (exact) mass is 423 g/mol. The van der Waals surface area contributed by atoms with Crippen molar-refractivity contribution in [3.8, 4) is 0 Å². The van der Waals surface area contributed by atoms with Crippen LogP contribution in [0.25, 0.3) is 0 Å². The van der Waals surface area contributed by atoms with Gasteiger partial charge >= 0.3 is 5.97 Å². The lowest BCUT2D eigenvalue weighted by Gasteiger charge is -2.14. The zero-order valence-corrected chi connectivity index (χ0v) is 17.8. The van der Waals surface area contributed by atoms with Gasteiger partial charge in [-0.25, -0.2) is 4.79 Å². The van der Waals surface area contributed by atoms with E-state index in [1.165, 1.54) is 29.7 Å². The van der Waals surface area contributed by atoms with Crippen molar-refractivity contribution in [3.05, 3.63) is 37.4 Å². The van der Waals surface area contributed by atoms with E-state index >= 15 is 0 Å². The second-order valence-electron chi connectivity index (χ2n) is 6.27. The van der Waals surface area contributed by atoms with Crippen molar-refractivity contribution in [3.63, 3.8) is 0 Å². The lowest BCUT2D eigenvalue weighted by Crippen LogP contribution is -2.44. The summed E-state index contributed by atoms with van der Waals surface area (Å²) in [6.45, 7) is 3.79.